The zero-order valence-corrected chi connectivity index (χ0v) is 10.1. The molecule has 0 radical (unpaired) electrons. The fourth-order valence-corrected chi connectivity index (χ4v) is 2.11. The van der Waals surface area contributed by atoms with Crippen LogP contribution in [0.15, 0.2) is 12.4 Å². The molecule has 0 bridgehead atoms. The Bertz CT molecular complexity index is 418. The Morgan fingerprint density at radius 2 is 2.18 bits per heavy atom. The lowest BCUT2D eigenvalue weighted by atomic mass is 9.89. The molecule has 0 aromatic carbocycles. The number of nitrogens with zero attached hydrogens (tertiary/aromatic N) is 3. The smallest absolute Gasteiger partial charge is 0.227 e. The Kier molecular flexibility index (Phi) is 2.87. The summed E-state index contributed by atoms with van der Waals surface area (Å²) in [6.45, 7) is 3.38. The molecule has 0 spiro atoms. The topological polar surface area (TPSA) is 84.1 Å². The van der Waals surface area contributed by atoms with Crippen LogP contribution in [-0.2, 0) is 4.79 Å². The molecule has 1 atom stereocenters. The Morgan fingerprint density at radius 1 is 1.53 bits per heavy atom. The number of rotatable bonds is 2. The van der Waals surface area contributed by atoms with Crippen molar-refractivity contribution in [2.75, 3.05) is 30.8 Å². The minimum absolute atomic E-state index is 0.0652. The van der Waals surface area contributed by atoms with Crippen molar-refractivity contribution in [3.05, 3.63) is 12.4 Å². The van der Waals surface area contributed by atoms with Crippen LogP contribution < -0.4 is 16.0 Å². The van der Waals surface area contributed by atoms with Crippen LogP contribution in [0.5, 0.6) is 0 Å². The van der Waals surface area contributed by atoms with Gasteiger partial charge in [-0.3, -0.25) is 4.79 Å². The van der Waals surface area contributed by atoms with Crippen molar-refractivity contribution in [3.8, 4) is 0 Å². The zero-order valence-electron chi connectivity index (χ0n) is 10.1. The number of anilines is 2. The molecule has 6 nitrogen and oxygen atoms in total. The van der Waals surface area contributed by atoms with Gasteiger partial charge in [-0.2, -0.15) is 0 Å². The van der Waals surface area contributed by atoms with Crippen LogP contribution >= 0.6 is 0 Å². The maximum atomic E-state index is 11.8. The summed E-state index contributed by atoms with van der Waals surface area (Å²) < 4.78 is 0. The van der Waals surface area contributed by atoms with Crippen LogP contribution in [0.1, 0.15) is 13.3 Å². The molecule has 6 heteroatoms. The van der Waals surface area contributed by atoms with Crippen molar-refractivity contribution in [2.24, 2.45) is 5.41 Å². The van der Waals surface area contributed by atoms with Crippen LogP contribution in [0.4, 0.5) is 11.6 Å². The second-order valence-corrected chi connectivity index (χ2v) is 4.63. The second-order valence-electron chi connectivity index (χ2n) is 4.63. The Balaban J connectivity index is 2.12. The summed E-state index contributed by atoms with van der Waals surface area (Å²) >= 11 is 0. The van der Waals surface area contributed by atoms with Crippen LogP contribution in [-0.4, -0.2) is 36.0 Å². The van der Waals surface area contributed by atoms with E-state index in [-0.39, 0.29) is 11.3 Å². The first-order chi connectivity index (χ1) is 8.05. The van der Waals surface area contributed by atoms with E-state index in [0.717, 1.165) is 13.0 Å². The molecule has 3 N–H and O–H groups in total. The maximum Gasteiger partial charge on any atom is 0.227 e. The Morgan fingerprint density at radius 3 is 2.76 bits per heavy atom. The molecule has 0 aliphatic carbocycles. The third-order valence-corrected chi connectivity index (χ3v) is 3.19. The third kappa shape index (κ3) is 2.15. The summed E-state index contributed by atoms with van der Waals surface area (Å²) in [6.07, 6.45) is 3.97. The molecule has 1 aliphatic rings. The quantitative estimate of drug-likeness (QED) is 0.755. The van der Waals surface area contributed by atoms with Crippen LogP contribution in [0.3, 0.4) is 0 Å². The highest BCUT2D eigenvalue weighted by Crippen LogP contribution is 2.31. The van der Waals surface area contributed by atoms with Crippen LogP contribution in [0.2, 0.25) is 0 Å². The molecule has 1 aliphatic heterocycles. The summed E-state index contributed by atoms with van der Waals surface area (Å²) in [5.74, 6) is 0.697. The number of aromatic nitrogens is 2. The van der Waals surface area contributed by atoms with Gasteiger partial charge in [0.05, 0.1) is 23.5 Å². The first kappa shape index (κ1) is 11.6. The summed E-state index contributed by atoms with van der Waals surface area (Å²) in [6, 6.07) is 0. The van der Waals surface area contributed by atoms with E-state index in [9.17, 15) is 4.79 Å². The first-order valence-electron chi connectivity index (χ1n) is 5.60. The Labute approximate surface area is 100 Å². The number of amides is 1. The highest BCUT2D eigenvalue weighted by atomic mass is 16.2. The molecule has 1 fully saturated rings. The summed E-state index contributed by atoms with van der Waals surface area (Å²) in [5.41, 5.74) is 5.72. The largest absolute Gasteiger partial charge is 0.396 e. The lowest BCUT2D eigenvalue weighted by Gasteiger charge is -2.22. The van der Waals surface area contributed by atoms with Gasteiger partial charge in [0, 0.05) is 20.1 Å². The van der Waals surface area contributed by atoms with Gasteiger partial charge in [-0.1, -0.05) is 0 Å². The number of nitrogen functional groups attached to an aromatic ring is 1. The minimum Gasteiger partial charge on any atom is -0.396 e. The number of hydrogen-bond donors (Lipinski definition) is 2. The van der Waals surface area contributed by atoms with E-state index in [2.05, 4.69) is 15.3 Å². The van der Waals surface area contributed by atoms with E-state index in [4.69, 9.17) is 5.73 Å². The van der Waals surface area contributed by atoms with E-state index in [1.807, 2.05) is 11.8 Å². The highest BCUT2D eigenvalue weighted by molar-refractivity contribution is 5.83. The van der Waals surface area contributed by atoms with Gasteiger partial charge in [0.15, 0.2) is 0 Å². The predicted molar refractivity (Wildman–Crippen MR) is 65.4 cm³/mol. The number of carbonyl (C=O) groups is 1. The molecular weight excluding hydrogens is 218 g/mol. The molecule has 0 saturated carbocycles. The molecule has 1 saturated heterocycles. The SMILES string of the molecule is CNC(=O)C1(C)CCN(c2ncc(N)cn2)C1. The van der Waals surface area contributed by atoms with E-state index >= 15 is 0 Å². The first-order valence-corrected chi connectivity index (χ1v) is 5.60. The Hall–Kier alpha value is -1.85. The van der Waals surface area contributed by atoms with Crippen molar-refractivity contribution in [2.45, 2.75) is 13.3 Å². The van der Waals surface area contributed by atoms with Gasteiger partial charge in [-0.25, -0.2) is 9.97 Å². The number of hydrogen-bond acceptors (Lipinski definition) is 5. The van der Waals surface area contributed by atoms with E-state index < -0.39 is 0 Å². The van der Waals surface area contributed by atoms with E-state index in [1.165, 1.54) is 0 Å². The fraction of sp³-hybridized carbons (Fsp3) is 0.545. The molecule has 2 heterocycles. The van der Waals surface area contributed by atoms with Gasteiger partial charge in [-0.15, -0.1) is 0 Å². The second kappa shape index (κ2) is 4.20. The molecule has 92 valence electrons. The molecule has 1 unspecified atom stereocenters. The number of nitrogens with one attached hydrogen (secondary N) is 1. The van der Waals surface area contributed by atoms with Gasteiger partial charge < -0.3 is 16.0 Å². The highest BCUT2D eigenvalue weighted by Gasteiger charge is 2.40. The van der Waals surface area contributed by atoms with Crippen molar-refractivity contribution >= 4 is 17.5 Å². The number of nitrogens with two attached hydrogens (primary N) is 1. The van der Waals surface area contributed by atoms with Crippen molar-refractivity contribution in [3.63, 3.8) is 0 Å². The fourth-order valence-electron chi connectivity index (χ4n) is 2.11. The van der Waals surface area contributed by atoms with Crippen molar-refractivity contribution < 1.29 is 4.79 Å². The molecular formula is C11H17N5O. The van der Waals surface area contributed by atoms with Crippen molar-refractivity contribution in [1.82, 2.24) is 15.3 Å². The average Bonchev–Trinajstić information content (AvgIpc) is 2.73. The average molecular weight is 235 g/mol. The van der Waals surface area contributed by atoms with Crippen LogP contribution in [0.25, 0.3) is 0 Å². The van der Waals surface area contributed by atoms with Gasteiger partial charge in [0.2, 0.25) is 11.9 Å². The normalized spacial score (nSPS) is 23.8. The molecule has 2 rings (SSSR count). The molecule has 1 aromatic heterocycles. The maximum absolute atomic E-state index is 11.8. The standard InChI is InChI=1S/C11H17N5O/c1-11(9(17)13-2)3-4-16(7-11)10-14-5-8(12)6-15-10/h5-6H,3-4,7,12H2,1-2H3,(H,13,17). The lowest BCUT2D eigenvalue weighted by Crippen LogP contribution is -2.39. The zero-order chi connectivity index (χ0) is 12.5. The number of carbonyl (C=O) groups excluding carboxylic acids is 1. The van der Waals surface area contributed by atoms with Gasteiger partial charge in [-0.05, 0) is 13.3 Å². The van der Waals surface area contributed by atoms with Crippen molar-refractivity contribution in [1.29, 1.82) is 0 Å². The van der Waals surface area contributed by atoms with E-state index in [1.54, 1.807) is 19.4 Å². The third-order valence-electron chi connectivity index (χ3n) is 3.19. The molecule has 17 heavy (non-hydrogen) atoms. The predicted octanol–water partition coefficient (Wildman–Crippen LogP) is 0.0212. The van der Waals surface area contributed by atoms with Gasteiger partial charge in [0.25, 0.3) is 0 Å². The minimum atomic E-state index is -0.362. The monoisotopic (exact) mass is 235 g/mol. The lowest BCUT2D eigenvalue weighted by molar-refractivity contribution is -0.128. The molecule has 1 amide bonds. The summed E-state index contributed by atoms with van der Waals surface area (Å²) in [5, 5.41) is 2.70. The van der Waals surface area contributed by atoms with Crippen LogP contribution in [0, 0.1) is 5.41 Å². The summed E-state index contributed by atoms with van der Waals surface area (Å²) in [4.78, 5) is 22.1. The van der Waals surface area contributed by atoms with Gasteiger partial charge in [0.1, 0.15) is 0 Å². The van der Waals surface area contributed by atoms with E-state index in [0.29, 0.717) is 18.2 Å². The van der Waals surface area contributed by atoms with Gasteiger partial charge >= 0.3 is 0 Å². The molecule has 1 aromatic rings. The summed E-state index contributed by atoms with van der Waals surface area (Å²) in [7, 11) is 1.66.